The highest BCUT2D eigenvalue weighted by Crippen LogP contribution is 2.21. The number of hydrogen-bond donors (Lipinski definition) is 1. The fraction of sp³-hybridized carbons (Fsp3) is 0.667. The van der Waals surface area contributed by atoms with Crippen molar-refractivity contribution in [2.45, 2.75) is 53.5 Å². The normalized spacial score (nSPS) is 11.1. The number of hydrogen-bond acceptors (Lipinski definition) is 2. The van der Waals surface area contributed by atoms with E-state index in [1.807, 2.05) is 12.1 Å². The summed E-state index contributed by atoms with van der Waals surface area (Å²) >= 11 is 0. The van der Waals surface area contributed by atoms with Crippen molar-refractivity contribution in [3.8, 4) is 0 Å². The minimum atomic E-state index is -0.112. The summed E-state index contributed by atoms with van der Waals surface area (Å²) in [4.78, 5) is 2.14. The molecule has 1 rings (SSSR count). The van der Waals surface area contributed by atoms with E-state index in [0.29, 0.717) is 5.92 Å². The summed E-state index contributed by atoms with van der Waals surface area (Å²) in [7, 11) is 0. The molecule has 1 N–H and O–H groups in total. The van der Waals surface area contributed by atoms with Crippen molar-refractivity contribution in [3.05, 3.63) is 29.6 Å². The molecule has 0 amide bonds. The SMILES string of the molecule is CCCCN(CC)c1cc(CNCCC(C)C)ccc1F. The van der Waals surface area contributed by atoms with Gasteiger partial charge in [0.25, 0.3) is 0 Å². The van der Waals surface area contributed by atoms with Gasteiger partial charge in [-0.3, -0.25) is 0 Å². The number of halogens is 1. The van der Waals surface area contributed by atoms with E-state index in [0.717, 1.165) is 50.3 Å². The van der Waals surface area contributed by atoms with Gasteiger partial charge in [0.05, 0.1) is 5.69 Å². The largest absolute Gasteiger partial charge is 0.369 e. The lowest BCUT2D eigenvalue weighted by atomic mass is 10.1. The summed E-state index contributed by atoms with van der Waals surface area (Å²) in [5.74, 6) is 0.602. The molecule has 0 aromatic heterocycles. The highest BCUT2D eigenvalue weighted by molar-refractivity contribution is 5.50. The van der Waals surface area contributed by atoms with Crippen LogP contribution in [0.3, 0.4) is 0 Å². The van der Waals surface area contributed by atoms with Crippen LogP contribution in [0.5, 0.6) is 0 Å². The Balaban J connectivity index is 2.65. The number of unbranched alkanes of at least 4 members (excludes halogenated alkanes) is 1. The van der Waals surface area contributed by atoms with Crippen molar-refractivity contribution in [3.63, 3.8) is 0 Å². The standard InChI is InChI=1S/C18H31FN2/c1-5-7-12-21(6-2)18-13-16(8-9-17(18)19)14-20-11-10-15(3)4/h8-9,13,15,20H,5-7,10-12,14H2,1-4H3. The third-order valence-electron chi connectivity index (χ3n) is 3.74. The highest BCUT2D eigenvalue weighted by Gasteiger charge is 2.10. The molecule has 0 aliphatic rings. The van der Waals surface area contributed by atoms with E-state index >= 15 is 0 Å². The number of benzene rings is 1. The molecule has 0 unspecified atom stereocenters. The van der Waals surface area contributed by atoms with Crippen molar-refractivity contribution in [2.75, 3.05) is 24.5 Å². The van der Waals surface area contributed by atoms with E-state index in [1.54, 1.807) is 6.07 Å². The monoisotopic (exact) mass is 294 g/mol. The van der Waals surface area contributed by atoms with E-state index in [9.17, 15) is 4.39 Å². The minimum Gasteiger partial charge on any atom is -0.369 e. The molecule has 0 spiro atoms. The van der Waals surface area contributed by atoms with Crippen molar-refractivity contribution < 1.29 is 4.39 Å². The molecule has 0 bridgehead atoms. The Labute approximate surface area is 129 Å². The predicted molar refractivity (Wildman–Crippen MR) is 90.4 cm³/mol. The molecule has 1 aromatic carbocycles. The molecule has 21 heavy (non-hydrogen) atoms. The van der Waals surface area contributed by atoms with Gasteiger partial charge in [0.15, 0.2) is 0 Å². The second-order valence-corrected chi connectivity index (χ2v) is 6.08. The fourth-order valence-electron chi connectivity index (χ4n) is 2.33. The average molecular weight is 294 g/mol. The third kappa shape index (κ3) is 6.47. The van der Waals surface area contributed by atoms with E-state index < -0.39 is 0 Å². The van der Waals surface area contributed by atoms with Crippen LogP contribution >= 0.6 is 0 Å². The van der Waals surface area contributed by atoms with Crippen molar-refractivity contribution in [1.82, 2.24) is 5.32 Å². The molecule has 0 fully saturated rings. The zero-order valence-electron chi connectivity index (χ0n) is 14.1. The molecular formula is C18H31FN2. The summed E-state index contributed by atoms with van der Waals surface area (Å²) in [6.07, 6.45) is 3.41. The average Bonchev–Trinajstić information content (AvgIpc) is 2.46. The Morgan fingerprint density at radius 1 is 1.24 bits per heavy atom. The molecule has 0 heterocycles. The van der Waals surface area contributed by atoms with Crippen LogP contribution in [-0.4, -0.2) is 19.6 Å². The molecule has 0 aliphatic carbocycles. The number of rotatable bonds is 10. The van der Waals surface area contributed by atoms with Gasteiger partial charge in [-0.15, -0.1) is 0 Å². The maximum absolute atomic E-state index is 14.1. The second kappa shape index (κ2) is 9.78. The van der Waals surface area contributed by atoms with Crippen LogP contribution in [0.15, 0.2) is 18.2 Å². The topological polar surface area (TPSA) is 15.3 Å². The van der Waals surface area contributed by atoms with Gasteiger partial charge in [0, 0.05) is 19.6 Å². The molecule has 1 aromatic rings. The fourth-order valence-corrected chi connectivity index (χ4v) is 2.33. The number of nitrogens with one attached hydrogen (secondary N) is 1. The summed E-state index contributed by atoms with van der Waals surface area (Å²) in [6, 6.07) is 5.48. The van der Waals surface area contributed by atoms with Crippen LogP contribution in [-0.2, 0) is 6.54 Å². The van der Waals surface area contributed by atoms with E-state index in [2.05, 4.69) is 37.9 Å². The van der Waals surface area contributed by atoms with Gasteiger partial charge in [0.2, 0.25) is 0 Å². The Bertz CT molecular complexity index is 404. The quantitative estimate of drug-likeness (QED) is 0.635. The van der Waals surface area contributed by atoms with Gasteiger partial charge in [-0.05, 0) is 49.9 Å². The Morgan fingerprint density at radius 2 is 2.00 bits per heavy atom. The molecule has 0 radical (unpaired) electrons. The van der Waals surface area contributed by atoms with Crippen molar-refractivity contribution in [1.29, 1.82) is 0 Å². The maximum Gasteiger partial charge on any atom is 0.146 e. The lowest BCUT2D eigenvalue weighted by Gasteiger charge is -2.24. The lowest BCUT2D eigenvalue weighted by molar-refractivity contribution is 0.537. The zero-order chi connectivity index (χ0) is 15.7. The highest BCUT2D eigenvalue weighted by atomic mass is 19.1. The van der Waals surface area contributed by atoms with Crippen molar-refractivity contribution in [2.24, 2.45) is 5.92 Å². The second-order valence-electron chi connectivity index (χ2n) is 6.08. The Hall–Kier alpha value is -1.09. The van der Waals surface area contributed by atoms with Crippen LogP contribution in [0.2, 0.25) is 0 Å². The van der Waals surface area contributed by atoms with Crippen LogP contribution in [0.25, 0.3) is 0 Å². The molecular weight excluding hydrogens is 263 g/mol. The van der Waals surface area contributed by atoms with Crippen molar-refractivity contribution >= 4 is 5.69 Å². The first-order valence-corrected chi connectivity index (χ1v) is 8.32. The maximum atomic E-state index is 14.1. The van der Waals surface area contributed by atoms with Crippen LogP contribution in [0, 0.1) is 11.7 Å². The molecule has 0 aliphatic heterocycles. The van der Waals surface area contributed by atoms with Gasteiger partial charge in [0.1, 0.15) is 5.82 Å². The third-order valence-corrected chi connectivity index (χ3v) is 3.74. The predicted octanol–water partition coefficient (Wildman–Crippen LogP) is 4.59. The summed E-state index contributed by atoms with van der Waals surface area (Å²) in [6.45, 7) is 12.3. The molecule has 2 nitrogen and oxygen atoms in total. The first kappa shape index (κ1) is 18.0. The first-order valence-electron chi connectivity index (χ1n) is 8.32. The van der Waals surface area contributed by atoms with Crippen LogP contribution < -0.4 is 10.2 Å². The Kier molecular flexibility index (Phi) is 8.36. The van der Waals surface area contributed by atoms with Gasteiger partial charge in [-0.1, -0.05) is 33.3 Å². The molecule has 0 atom stereocenters. The molecule has 3 heteroatoms. The smallest absolute Gasteiger partial charge is 0.146 e. The molecule has 0 saturated heterocycles. The minimum absolute atomic E-state index is 0.112. The summed E-state index contributed by atoms with van der Waals surface area (Å²) in [5.41, 5.74) is 1.90. The zero-order valence-corrected chi connectivity index (χ0v) is 14.1. The van der Waals surface area contributed by atoms with Gasteiger partial charge >= 0.3 is 0 Å². The summed E-state index contributed by atoms with van der Waals surface area (Å²) in [5, 5.41) is 3.44. The van der Waals surface area contributed by atoms with E-state index in [4.69, 9.17) is 0 Å². The Morgan fingerprint density at radius 3 is 2.62 bits per heavy atom. The molecule has 0 saturated carbocycles. The van der Waals surface area contributed by atoms with E-state index in [-0.39, 0.29) is 5.82 Å². The van der Waals surface area contributed by atoms with Gasteiger partial charge in [-0.2, -0.15) is 0 Å². The van der Waals surface area contributed by atoms with Gasteiger partial charge < -0.3 is 10.2 Å². The van der Waals surface area contributed by atoms with E-state index in [1.165, 1.54) is 6.42 Å². The van der Waals surface area contributed by atoms with Crippen LogP contribution in [0.4, 0.5) is 10.1 Å². The van der Waals surface area contributed by atoms with Gasteiger partial charge in [-0.25, -0.2) is 4.39 Å². The van der Waals surface area contributed by atoms with Crippen LogP contribution in [0.1, 0.15) is 52.5 Å². The number of nitrogens with zero attached hydrogens (tertiary/aromatic N) is 1. The lowest BCUT2D eigenvalue weighted by Crippen LogP contribution is -2.25. The number of anilines is 1. The molecule has 120 valence electrons. The first-order chi connectivity index (χ1) is 10.1. The summed E-state index contributed by atoms with van der Waals surface area (Å²) < 4.78 is 14.1.